The molecule has 0 unspecified atom stereocenters. The van der Waals surface area contributed by atoms with Gasteiger partial charge in [-0.2, -0.15) is 0 Å². The summed E-state index contributed by atoms with van der Waals surface area (Å²) in [6.45, 7) is 3.34. The van der Waals surface area contributed by atoms with Crippen LogP contribution in [0.5, 0.6) is 0 Å². The standard InChI is InChI=1S/C24H28O6/c1-24(2,14-13-21(26)23(28)29-3)30-22(27)16-20(25)15-17-9-11-19(12-10-17)18-7-5-4-6-8-18/h4-12,21,26H,13-16H2,1-3H3/t21-/m1/s1. The van der Waals surface area contributed by atoms with E-state index < -0.39 is 23.6 Å². The van der Waals surface area contributed by atoms with Gasteiger partial charge in [0.25, 0.3) is 0 Å². The van der Waals surface area contributed by atoms with Crippen LogP contribution in [-0.2, 0) is 30.3 Å². The molecule has 0 radical (unpaired) electrons. The minimum atomic E-state index is -1.27. The summed E-state index contributed by atoms with van der Waals surface area (Å²) in [6.07, 6.45) is -1.11. The number of carbonyl (C=O) groups is 3. The molecule has 2 aromatic rings. The highest BCUT2D eigenvalue weighted by molar-refractivity contribution is 5.96. The van der Waals surface area contributed by atoms with E-state index in [9.17, 15) is 19.5 Å². The molecule has 0 fully saturated rings. The first-order chi connectivity index (χ1) is 14.2. The van der Waals surface area contributed by atoms with Crippen molar-refractivity contribution in [2.45, 2.75) is 51.2 Å². The molecule has 0 spiro atoms. The average molecular weight is 412 g/mol. The molecular weight excluding hydrogens is 384 g/mol. The maximum absolute atomic E-state index is 12.3. The van der Waals surface area contributed by atoms with Crippen molar-refractivity contribution in [2.75, 3.05) is 7.11 Å². The highest BCUT2D eigenvalue weighted by atomic mass is 16.6. The van der Waals surface area contributed by atoms with Crippen molar-refractivity contribution >= 4 is 17.7 Å². The molecule has 0 aromatic heterocycles. The largest absolute Gasteiger partial charge is 0.467 e. The number of ketones is 1. The lowest BCUT2D eigenvalue weighted by atomic mass is 9.99. The molecule has 6 heteroatoms. The number of esters is 2. The van der Waals surface area contributed by atoms with Crippen LogP contribution in [0.3, 0.4) is 0 Å². The Labute approximate surface area is 176 Å². The SMILES string of the molecule is COC(=O)[C@H](O)CCC(C)(C)OC(=O)CC(=O)Cc1ccc(-c2ccccc2)cc1. The topological polar surface area (TPSA) is 89.9 Å². The molecule has 0 bridgehead atoms. The Morgan fingerprint density at radius 2 is 1.57 bits per heavy atom. The van der Waals surface area contributed by atoms with Crippen LogP contribution in [-0.4, -0.2) is 41.6 Å². The van der Waals surface area contributed by atoms with Crippen LogP contribution in [0.2, 0.25) is 0 Å². The third kappa shape index (κ3) is 7.44. The minimum absolute atomic E-state index is 0.0919. The van der Waals surface area contributed by atoms with Crippen LogP contribution in [0.1, 0.15) is 38.7 Å². The second-order valence-electron chi connectivity index (χ2n) is 7.77. The lowest BCUT2D eigenvalue weighted by Crippen LogP contribution is -2.32. The summed E-state index contributed by atoms with van der Waals surface area (Å²) in [5, 5.41) is 9.65. The molecule has 0 saturated carbocycles. The van der Waals surface area contributed by atoms with E-state index in [4.69, 9.17) is 4.74 Å². The van der Waals surface area contributed by atoms with Gasteiger partial charge in [-0.1, -0.05) is 54.6 Å². The van der Waals surface area contributed by atoms with Crippen molar-refractivity contribution in [1.82, 2.24) is 0 Å². The Balaban J connectivity index is 1.82. The van der Waals surface area contributed by atoms with Crippen molar-refractivity contribution in [2.24, 2.45) is 0 Å². The fraction of sp³-hybridized carbons (Fsp3) is 0.375. The van der Waals surface area contributed by atoms with E-state index in [0.717, 1.165) is 16.7 Å². The van der Waals surface area contributed by atoms with Gasteiger partial charge in [0.15, 0.2) is 6.10 Å². The molecule has 0 aliphatic heterocycles. The number of rotatable bonds is 10. The highest BCUT2D eigenvalue weighted by Gasteiger charge is 2.27. The van der Waals surface area contributed by atoms with E-state index in [2.05, 4.69) is 4.74 Å². The number of ether oxygens (including phenoxy) is 2. The summed E-state index contributed by atoms with van der Waals surface area (Å²) in [5.41, 5.74) is 2.07. The predicted molar refractivity (Wildman–Crippen MR) is 113 cm³/mol. The smallest absolute Gasteiger partial charge is 0.334 e. The molecule has 0 saturated heterocycles. The summed E-state index contributed by atoms with van der Waals surface area (Å²) in [6, 6.07) is 17.6. The van der Waals surface area contributed by atoms with Crippen LogP contribution >= 0.6 is 0 Å². The van der Waals surface area contributed by atoms with Crippen LogP contribution in [0, 0.1) is 0 Å². The molecular formula is C24H28O6. The molecule has 0 aliphatic carbocycles. The average Bonchev–Trinajstić information content (AvgIpc) is 2.72. The molecule has 160 valence electrons. The van der Waals surface area contributed by atoms with Gasteiger partial charge in [0.1, 0.15) is 17.8 Å². The van der Waals surface area contributed by atoms with Crippen LogP contribution in [0.15, 0.2) is 54.6 Å². The summed E-state index contributed by atoms with van der Waals surface area (Å²) in [7, 11) is 1.19. The van der Waals surface area contributed by atoms with Crippen molar-refractivity contribution in [3.8, 4) is 11.1 Å². The van der Waals surface area contributed by atoms with Gasteiger partial charge in [-0.05, 0) is 43.4 Å². The zero-order valence-corrected chi connectivity index (χ0v) is 17.6. The van der Waals surface area contributed by atoms with E-state index in [0.29, 0.717) is 0 Å². The number of aliphatic hydroxyl groups excluding tert-OH is 1. The highest BCUT2D eigenvalue weighted by Crippen LogP contribution is 2.21. The number of aliphatic hydroxyl groups is 1. The molecule has 0 aliphatic rings. The first kappa shape index (κ1) is 23.3. The number of methoxy groups -OCH3 is 1. The molecule has 0 amide bonds. The summed E-state index contributed by atoms with van der Waals surface area (Å²) < 4.78 is 9.82. The quantitative estimate of drug-likeness (QED) is 0.475. The predicted octanol–water partition coefficient (Wildman–Crippen LogP) is 3.49. The number of carbonyl (C=O) groups excluding carboxylic acids is 3. The Morgan fingerprint density at radius 1 is 0.967 bits per heavy atom. The Hall–Kier alpha value is -2.99. The van der Waals surface area contributed by atoms with Crippen molar-refractivity contribution in [3.05, 3.63) is 60.2 Å². The monoisotopic (exact) mass is 412 g/mol. The Morgan fingerprint density at radius 3 is 2.17 bits per heavy atom. The first-order valence-corrected chi connectivity index (χ1v) is 9.84. The summed E-state index contributed by atoms with van der Waals surface area (Å²) in [4.78, 5) is 35.6. The van der Waals surface area contributed by atoms with Crippen LogP contribution in [0.25, 0.3) is 11.1 Å². The Kier molecular flexibility index (Phi) is 8.30. The van der Waals surface area contributed by atoms with E-state index in [-0.39, 0.29) is 31.5 Å². The lowest BCUT2D eigenvalue weighted by Gasteiger charge is -2.25. The van der Waals surface area contributed by atoms with Crippen molar-refractivity contribution in [3.63, 3.8) is 0 Å². The second kappa shape index (κ2) is 10.7. The fourth-order valence-corrected chi connectivity index (χ4v) is 3.03. The summed E-state index contributed by atoms with van der Waals surface area (Å²) in [5.74, 6) is -1.60. The molecule has 2 rings (SSSR count). The minimum Gasteiger partial charge on any atom is -0.467 e. The van der Waals surface area contributed by atoms with E-state index in [1.807, 2.05) is 54.6 Å². The molecule has 1 atom stereocenters. The van der Waals surface area contributed by atoms with Crippen molar-refractivity contribution < 1.29 is 29.0 Å². The van der Waals surface area contributed by atoms with Gasteiger partial charge in [0.2, 0.25) is 0 Å². The van der Waals surface area contributed by atoms with Gasteiger partial charge in [0, 0.05) is 6.42 Å². The molecule has 0 heterocycles. The molecule has 6 nitrogen and oxygen atoms in total. The summed E-state index contributed by atoms with van der Waals surface area (Å²) >= 11 is 0. The van der Waals surface area contributed by atoms with Gasteiger partial charge in [-0.25, -0.2) is 4.79 Å². The van der Waals surface area contributed by atoms with Crippen LogP contribution in [0.4, 0.5) is 0 Å². The number of hydrogen-bond acceptors (Lipinski definition) is 6. The molecule has 2 aromatic carbocycles. The van der Waals surface area contributed by atoms with Gasteiger partial charge in [-0.15, -0.1) is 0 Å². The van der Waals surface area contributed by atoms with E-state index in [1.165, 1.54) is 7.11 Å². The van der Waals surface area contributed by atoms with Gasteiger partial charge < -0.3 is 14.6 Å². The van der Waals surface area contributed by atoms with Gasteiger partial charge in [0.05, 0.1) is 7.11 Å². The maximum atomic E-state index is 12.3. The number of Topliss-reactive ketones (excluding diaryl/α,β-unsaturated/α-hetero) is 1. The second-order valence-corrected chi connectivity index (χ2v) is 7.77. The molecule has 30 heavy (non-hydrogen) atoms. The zero-order valence-electron chi connectivity index (χ0n) is 17.6. The number of benzene rings is 2. The van der Waals surface area contributed by atoms with Crippen LogP contribution < -0.4 is 0 Å². The third-order valence-corrected chi connectivity index (χ3v) is 4.69. The maximum Gasteiger partial charge on any atom is 0.334 e. The molecule has 1 N–H and O–H groups in total. The Bertz CT molecular complexity index is 855. The zero-order chi connectivity index (χ0) is 22.1. The van der Waals surface area contributed by atoms with E-state index in [1.54, 1.807) is 13.8 Å². The van der Waals surface area contributed by atoms with Gasteiger partial charge in [-0.3, -0.25) is 9.59 Å². The fourth-order valence-electron chi connectivity index (χ4n) is 3.03. The lowest BCUT2D eigenvalue weighted by molar-refractivity contribution is -0.159. The van der Waals surface area contributed by atoms with E-state index >= 15 is 0 Å². The van der Waals surface area contributed by atoms with Crippen molar-refractivity contribution in [1.29, 1.82) is 0 Å². The first-order valence-electron chi connectivity index (χ1n) is 9.84. The van der Waals surface area contributed by atoms with Gasteiger partial charge >= 0.3 is 11.9 Å². The normalized spacial score (nSPS) is 12.1. The third-order valence-electron chi connectivity index (χ3n) is 4.69. The number of hydrogen-bond donors (Lipinski definition) is 1.